The van der Waals surface area contributed by atoms with Gasteiger partial charge < -0.3 is 9.57 Å². The molecule has 0 saturated carbocycles. The highest BCUT2D eigenvalue weighted by atomic mass is 32.2. The molecule has 2 rings (SSSR count). The van der Waals surface area contributed by atoms with E-state index in [1.165, 1.54) is 13.8 Å². The zero-order valence-electron chi connectivity index (χ0n) is 15.7. The van der Waals surface area contributed by atoms with Gasteiger partial charge in [0, 0.05) is 13.0 Å². The van der Waals surface area contributed by atoms with E-state index in [4.69, 9.17) is 4.84 Å². The van der Waals surface area contributed by atoms with E-state index in [1.54, 1.807) is 6.92 Å². The Hall–Kier alpha value is -1.99. The minimum Gasteiger partial charge on any atom is -0.468 e. The first-order valence-corrected chi connectivity index (χ1v) is 10.1. The normalized spacial score (nSPS) is 17.2. The topological polar surface area (TPSA) is 82.8 Å². The molecule has 0 radical (unpaired) electrons. The molecule has 14 heteroatoms. The smallest absolute Gasteiger partial charge is 0.435 e. The first-order valence-electron chi connectivity index (χ1n) is 8.40. The van der Waals surface area contributed by atoms with Crippen LogP contribution in [0.5, 0.6) is 5.88 Å². The third kappa shape index (κ3) is 5.76. The number of hydrogen-bond donors (Lipinski definition) is 0. The summed E-state index contributed by atoms with van der Waals surface area (Å²) in [7, 11) is -4.43. The van der Waals surface area contributed by atoms with E-state index < -0.39 is 62.3 Å². The van der Waals surface area contributed by atoms with Gasteiger partial charge in [0.2, 0.25) is 5.88 Å². The van der Waals surface area contributed by atoms with Crippen molar-refractivity contribution in [3.05, 3.63) is 11.3 Å². The van der Waals surface area contributed by atoms with Gasteiger partial charge in [-0.1, -0.05) is 12.1 Å². The summed E-state index contributed by atoms with van der Waals surface area (Å²) in [5, 5.41) is 6.18. The standard InChI is InChI=1S/C15H19F6N3O4S/c1-4-5-24-12(27-8-14(16,17)18)9(11(22-24)15(19,20)21)7-29(25,26)10-6-13(2,3)28-23-10/h4-8H2,1-3H3. The number of ether oxygens (including phenoxy) is 1. The maximum absolute atomic E-state index is 13.4. The first kappa shape index (κ1) is 23.3. The van der Waals surface area contributed by atoms with Crippen LogP contribution in [0.1, 0.15) is 44.9 Å². The van der Waals surface area contributed by atoms with E-state index in [1.807, 2.05) is 0 Å². The van der Waals surface area contributed by atoms with Gasteiger partial charge >= 0.3 is 12.4 Å². The molecule has 0 spiro atoms. The Labute approximate surface area is 162 Å². The molecule has 0 bridgehead atoms. The number of alkyl halides is 6. The number of aromatic nitrogens is 2. The number of rotatable bonds is 6. The zero-order chi connectivity index (χ0) is 22.3. The summed E-state index contributed by atoms with van der Waals surface area (Å²) in [5.41, 5.74) is -3.59. The lowest BCUT2D eigenvalue weighted by Crippen LogP contribution is -2.24. The lowest BCUT2D eigenvalue weighted by molar-refractivity contribution is -0.154. The van der Waals surface area contributed by atoms with E-state index in [9.17, 15) is 34.8 Å². The Morgan fingerprint density at radius 3 is 2.28 bits per heavy atom. The van der Waals surface area contributed by atoms with Crippen molar-refractivity contribution in [2.24, 2.45) is 5.16 Å². The fourth-order valence-corrected chi connectivity index (χ4v) is 4.09. The van der Waals surface area contributed by atoms with Crippen molar-refractivity contribution in [1.82, 2.24) is 9.78 Å². The van der Waals surface area contributed by atoms with Crippen molar-refractivity contribution in [1.29, 1.82) is 0 Å². The van der Waals surface area contributed by atoms with Gasteiger partial charge in [-0.2, -0.15) is 31.4 Å². The molecule has 0 unspecified atom stereocenters. The van der Waals surface area contributed by atoms with Crippen LogP contribution in [0.3, 0.4) is 0 Å². The highest BCUT2D eigenvalue weighted by Crippen LogP contribution is 2.38. The zero-order valence-corrected chi connectivity index (χ0v) is 16.5. The lowest BCUT2D eigenvalue weighted by Gasteiger charge is -2.14. The molecule has 0 aliphatic carbocycles. The van der Waals surface area contributed by atoms with E-state index >= 15 is 0 Å². The van der Waals surface area contributed by atoms with E-state index in [-0.39, 0.29) is 19.4 Å². The summed E-state index contributed by atoms with van der Waals surface area (Å²) in [4.78, 5) is 4.93. The largest absolute Gasteiger partial charge is 0.468 e. The molecule has 2 heterocycles. The summed E-state index contributed by atoms with van der Waals surface area (Å²) >= 11 is 0. The Balaban J connectivity index is 2.52. The molecule has 1 aromatic rings. The monoisotopic (exact) mass is 451 g/mol. The molecule has 1 aliphatic heterocycles. The molecule has 0 amide bonds. The molecule has 0 atom stereocenters. The molecular weight excluding hydrogens is 432 g/mol. The summed E-state index contributed by atoms with van der Waals surface area (Å²) in [5.74, 6) is -2.17. The highest BCUT2D eigenvalue weighted by molar-refractivity contribution is 8.05. The molecule has 0 saturated heterocycles. The van der Waals surface area contributed by atoms with Crippen LogP contribution in [-0.4, -0.2) is 41.6 Å². The summed E-state index contributed by atoms with van der Waals surface area (Å²) < 4.78 is 108. The molecule has 1 aromatic heterocycles. The average Bonchev–Trinajstić information content (AvgIpc) is 3.05. The number of hydrogen-bond acceptors (Lipinski definition) is 6. The second kappa shape index (κ2) is 7.69. The predicted octanol–water partition coefficient (Wildman–Crippen LogP) is 3.68. The molecule has 29 heavy (non-hydrogen) atoms. The average molecular weight is 451 g/mol. The third-order valence-electron chi connectivity index (χ3n) is 3.74. The Kier molecular flexibility index (Phi) is 6.17. The second-order valence-electron chi connectivity index (χ2n) is 7.03. The first-order chi connectivity index (χ1) is 13.1. The molecular formula is C15H19F6N3O4S. The third-order valence-corrected chi connectivity index (χ3v) is 5.35. The van der Waals surface area contributed by atoms with E-state index in [2.05, 4.69) is 15.0 Å². The van der Waals surface area contributed by atoms with Crippen LogP contribution in [0.15, 0.2) is 5.16 Å². The van der Waals surface area contributed by atoms with E-state index in [0.717, 1.165) is 0 Å². The molecule has 7 nitrogen and oxygen atoms in total. The van der Waals surface area contributed by atoms with Gasteiger partial charge in [0.25, 0.3) is 0 Å². The van der Waals surface area contributed by atoms with Crippen molar-refractivity contribution in [3.8, 4) is 5.88 Å². The number of sulfone groups is 1. The number of nitrogens with zero attached hydrogens (tertiary/aromatic N) is 3. The van der Waals surface area contributed by atoms with Gasteiger partial charge in [-0.15, -0.1) is 0 Å². The van der Waals surface area contributed by atoms with Crippen LogP contribution >= 0.6 is 0 Å². The van der Waals surface area contributed by atoms with Crippen molar-refractivity contribution in [2.45, 2.75) is 63.9 Å². The SMILES string of the molecule is CCCn1nc(C(F)(F)F)c(CS(=O)(=O)C2=NOC(C)(C)C2)c1OCC(F)(F)F. The van der Waals surface area contributed by atoms with Crippen LogP contribution < -0.4 is 4.74 Å². The molecule has 1 aliphatic rings. The van der Waals surface area contributed by atoms with Crippen molar-refractivity contribution >= 4 is 14.9 Å². The van der Waals surface area contributed by atoms with Crippen LogP contribution in [0.4, 0.5) is 26.3 Å². The van der Waals surface area contributed by atoms with E-state index in [0.29, 0.717) is 4.68 Å². The predicted molar refractivity (Wildman–Crippen MR) is 88.9 cm³/mol. The Morgan fingerprint density at radius 1 is 1.21 bits per heavy atom. The fraction of sp³-hybridized carbons (Fsp3) is 0.733. The number of aryl methyl sites for hydroxylation is 1. The summed E-state index contributed by atoms with van der Waals surface area (Å²) in [6.45, 7) is 2.51. The maximum Gasteiger partial charge on any atom is 0.435 e. The minimum absolute atomic E-state index is 0.196. The van der Waals surface area contributed by atoms with Gasteiger partial charge in [-0.05, 0) is 20.3 Å². The van der Waals surface area contributed by atoms with Crippen molar-refractivity contribution in [3.63, 3.8) is 0 Å². The van der Waals surface area contributed by atoms with Crippen LogP contribution in [0, 0.1) is 0 Å². The summed E-state index contributed by atoms with van der Waals surface area (Å²) in [6, 6.07) is 0. The minimum atomic E-state index is -5.10. The Morgan fingerprint density at radius 2 is 1.83 bits per heavy atom. The van der Waals surface area contributed by atoms with Gasteiger partial charge in [0.05, 0.1) is 11.3 Å². The quantitative estimate of drug-likeness (QED) is 0.617. The molecule has 0 N–H and O–H groups in total. The molecule has 0 fully saturated rings. The van der Waals surface area contributed by atoms with Crippen LogP contribution in [0.25, 0.3) is 0 Å². The van der Waals surface area contributed by atoms with Crippen molar-refractivity contribution < 1.29 is 44.3 Å². The van der Waals surface area contributed by atoms with Gasteiger partial charge in [0.1, 0.15) is 5.60 Å². The number of oxime groups is 1. The molecule has 0 aromatic carbocycles. The Bertz CT molecular complexity index is 887. The van der Waals surface area contributed by atoms with Crippen LogP contribution in [0.2, 0.25) is 0 Å². The summed E-state index contributed by atoms with van der Waals surface area (Å²) in [6.07, 6.45) is -9.92. The van der Waals surface area contributed by atoms with Crippen LogP contribution in [-0.2, 0) is 33.1 Å². The van der Waals surface area contributed by atoms with Gasteiger partial charge in [-0.25, -0.2) is 13.1 Å². The van der Waals surface area contributed by atoms with Crippen molar-refractivity contribution in [2.75, 3.05) is 6.61 Å². The highest BCUT2D eigenvalue weighted by Gasteiger charge is 2.44. The fourth-order valence-electron chi connectivity index (χ4n) is 2.56. The molecule has 166 valence electrons. The maximum atomic E-state index is 13.4. The lowest BCUT2D eigenvalue weighted by atomic mass is 10.1. The number of halogens is 6. The van der Waals surface area contributed by atoms with Gasteiger partial charge in [0.15, 0.2) is 27.2 Å². The van der Waals surface area contributed by atoms with Gasteiger partial charge in [-0.3, -0.25) is 0 Å². The second-order valence-corrected chi connectivity index (χ2v) is 9.02.